The van der Waals surface area contributed by atoms with Gasteiger partial charge in [-0.15, -0.1) is 0 Å². The first-order chi connectivity index (χ1) is 11.6. The molecule has 24 heavy (non-hydrogen) atoms. The monoisotopic (exact) mass is 325 g/mol. The van der Waals surface area contributed by atoms with Gasteiger partial charge >= 0.3 is 5.97 Å². The molecule has 3 rings (SSSR count). The molecule has 0 radical (unpaired) electrons. The number of nitrogens with zero attached hydrogens (tertiary/aromatic N) is 1. The quantitative estimate of drug-likeness (QED) is 0.873. The van der Waals surface area contributed by atoms with Crippen LogP contribution in [0.15, 0.2) is 60.7 Å². The summed E-state index contributed by atoms with van der Waals surface area (Å²) in [6, 6.07) is 17.3. The molecule has 0 saturated carbocycles. The lowest BCUT2D eigenvalue weighted by Crippen LogP contribution is -2.41. The van der Waals surface area contributed by atoms with Gasteiger partial charge in [0.1, 0.15) is 12.6 Å². The predicted molar refractivity (Wildman–Crippen MR) is 88.1 cm³/mol. The Balaban J connectivity index is 1.68. The topological polar surface area (TPSA) is 66.8 Å². The zero-order valence-electron chi connectivity index (χ0n) is 13.2. The number of esters is 1. The number of benzene rings is 2. The molecule has 1 aliphatic heterocycles. The lowest BCUT2D eigenvalue weighted by atomic mass is 10.1. The van der Waals surface area contributed by atoms with Crippen molar-refractivity contribution < 1.29 is 19.4 Å². The van der Waals surface area contributed by atoms with Gasteiger partial charge < -0.3 is 14.7 Å². The number of rotatable bonds is 4. The van der Waals surface area contributed by atoms with Crippen molar-refractivity contribution in [2.24, 2.45) is 0 Å². The van der Waals surface area contributed by atoms with Crippen LogP contribution < -0.4 is 0 Å². The molecule has 1 heterocycles. The molecule has 5 nitrogen and oxygen atoms in total. The Bertz CT molecular complexity index is 702. The third-order valence-corrected chi connectivity index (χ3v) is 4.06. The van der Waals surface area contributed by atoms with Gasteiger partial charge in [0, 0.05) is 18.5 Å². The van der Waals surface area contributed by atoms with E-state index in [1.165, 1.54) is 4.90 Å². The molecule has 0 spiro atoms. The second kappa shape index (κ2) is 7.27. The summed E-state index contributed by atoms with van der Waals surface area (Å²) < 4.78 is 5.33. The summed E-state index contributed by atoms with van der Waals surface area (Å²) in [5, 5.41) is 9.90. The molecule has 2 atom stereocenters. The van der Waals surface area contributed by atoms with Crippen molar-refractivity contribution in [1.29, 1.82) is 0 Å². The number of β-amino-alcohol motifs (C(OH)–C–C–N with tert-alkyl or cyclic N) is 1. The van der Waals surface area contributed by atoms with Crippen LogP contribution in [0.5, 0.6) is 0 Å². The van der Waals surface area contributed by atoms with Gasteiger partial charge in [0.25, 0.3) is 5.91 Å². The van der Waals surface area contributed by atoms with E-state index in [9.17, 15) is 14.7 Å². The number of carbonyl (C=O) groups is 2. The van der Waals surface area contributed by atoms with E-state index in [1.807, 2.05) is 36.4 Å². The summed E-state index contributed by atoms with van der Waals surface area (Å²) in [4.78, 5) is 26.4. The fourth-order valence-electron chi connectivity index (χ4n) is 2.83. The SMILES string of the molecule is O=C(OCc1ccccc1)[C@@H]1CC(O)CN1C(=O)c1ccccc1. The van der Waals surface area contributed by atoms with Gasteiger partial charge in [-0.1, -0.05) is 48.5 Å². The largest absolute Gasteiger partial charge is 0.459 e. The Labute approximate surface area is 140 Å². The Morgan fingerprint density at radius 3 is 2.33 bits per heavy atom. The van der Waals surface area contributed by atoms with Crippen LogP contribution in [0, 0.1) is 0 Å². The molecular weight excluding hydrogens is 306 g/mol. The van der Waals surface area contributed by atoms with E-state index in [4.69, 9.17) is 4.74 Å². The average molecular weight is 325 g/mol. The zero-order chi connectivity index (χ0) is 16.9. The third-order valence-electron chi connectivity index (χ3n) is 4.06. The molecule has 1 unspecified atom stereocenters. The molecular formula is C19H19NO4. The number of hydrogen-bond acceptors (Lipinski definition) is 4. The highest BCUT2D eigenvalue weighted by Crippen LogP contribution is 2.22. The summed E-state index contributed by atoms with van der Waals surface area (Å²) in [7, 11) is 0. The number of likely N-dealkylation sites (tertiary alicyclic amines) is 1. The standard InChI is InChI=1S/C19H19NO4/c21-16-11-17(19(23)24-13-14-7-3-1-4-8-14)20(12-16)18(22)15-9-5-2-6-10-15/h1-10,16-17,21H,11-13H2/t16?,17-/m0/s1. The van der Waals surface area contributed by atoms with Gasteiger partial charge in [0.15, 0.2) is 0 Å². The number of carbonyl (C=O) groups excluding carboxylic acids is 2. The van der Waals surface area contributed by atoms with Crippen molar-refractivity contribution in [2.75, 3.05) is 6.54 Å². The number of hydrogen-bond donors (Lipinski definition) is 1. The predicted octanol–water partition coefficient (Wildman–Crippen LogP) is 2.01. The van der Waals surface area contributed by atoms with Gasteiger partial charge in [0.05, 0.1) is 6.10 Å². The molecule has 124 valence electrons. The van der Waals surface area contributed by atoms with Crippen LogP contribution in [0.3, 0.4) is 0 Å². The Morgan fingerprint density at radius 2 is 1.67 bits per heavy atom. The fourth-order valence-corrected chi connectivity index (χ4v) is 2.83. The smallest absolute Gasteiger partial charge is 0.329 e. The second-order valence-electron chi connectivity index (χ2n) is 5.82. The van der Waals surface area contributed by atoms with Crippen LogP contribution >= 0.6 is 0 Å². The molecule has 0 aromatic heterocycles. The van der Waals surface area contributed by atoms with Crippen LogP contribution in [0.4, 0.5) is 0 Å². The van der Waals surface area contributed by atoms with Gasteiger partial charge in [-0.2, -0.15) is 0 Å². The Morgan fingerprint density at radius 1 is 1.04 bits per heavy atom. The molecule has 1 aliphatic rings. The molecule has 2 aromatic rings. The summed E-state index contributed by atoms with van der Waals surface area (Å²) in [6.07, 6.45) is -0.515. The number of aliphatic hydroxyl groups is 1. The molecule has 1 amide bonds. The first kappa shape index (κ1) is 16.2. The van der Waals surface area contributed by atoms with E-state index in [0.717, 1.165) is 5.56 Å². The average Bonchev–Trinajstić information content (AvgIpc) is 3.02. The summed E-state index contributed by atoms with van der Waals surface area (Å²) in [6.45, 7) is 0.290. The van der Waals surface area contributed by atoms with Crippen molar-refractivity contribution in [2.45, 2.75) is 25.2 Å². The molecule has 1 saturated heterocycles. The number of ether oxygens (including phenoxy) is 1. The maximum absolute atomic E-state index is 12.6. The van der Waals surface area contributed by atoms with Crippen LogP contribution in [0.1, 0.15) is 22.3 Å². The summed E-state index contributed by atoms with van der Waals surface area (Å²) >= 11 is 0. The third kappa shape index (κ3) is 3.63. The lowest BCUT2D eigenvalue weighted by molar-refractivity contribution is -0.149. The lowest BCUT2D eigenvalue weighted by Gasteiger charge is -2.23. The van der Waals surface area contributed by atoms with Crippen molar-refractivity contribution in [3.8, 4) is 0 Å². The van der Waals surface area contributed by atoms with Gasteiger partial charge in [0.2, 0.25) is 0 Å². The minimum Gasteiger partial charge on any atom is -0.459 e. The first-order valence-electron chi connectivity index (χ1n) is 7.90. The van der Waals surface area contributed by atoms with Crippen LogP contribution in [0.25, 0.3) is 0 Å². The number of amides is 1. The maximum atomic E-state index is 12.6. The Kier molecular flexibility index (Phi) is 4.91. The van der Waals surface area contributed by atoms with Crippen molar-refractivity contribution in [3.63, 3.8) is 0 Å². The van der Waals surface area contributed by atoms with E-state index in [2.05, 4.69) is 0 Å². The van der Waals surface area contributed by atoms with E-state index < -0.39 is 18.1 Å². The minimum absolute atomic E-state index is 0.138. The van der Waals surface area contributed by atoms with Crippen LogP contribution in [-0.2, 0) is 16.1 Å². The second-order valence-corrected chi connectivity index (χ2v) is 5.82. The molecule has 1 N–H and O–H groups in total. The van der Waals surface area contributed by atoms with Gasteiger partial charge in [-0.05, 0) is 17.7 Å². The normalized spacial score (nSPS) is 20.0. The van der Waals surface area contributed by atoms with Crippen LogP contribution in [0.2, 0.25) is 0 Å². The minimum atomic E-state index is -0.753. The molecule has 5 heteroatoms. The highest BCUT2D eigenvalue weighted by molar-refractivity contribution is 5.97. The first-order valence-corrected chi connectivity index (χ1v) is 7.90. The van der Waals surface area contributed by atoms with Crippen LogP contribution in [-0.4, -0.2) is 40.6 Å². The van der Waals surface area contributed by atoms with Gasteiger partial charge in [-0.25, -0.2) is 4.79 Å². The molecule has 0 aliphatic carbocycles. The van der Waals surface area contributed by atoms with E-state index >= 15 is 0 Å². The Hall–Kier alpha value is -2.66. The van der Waals surface area contributed by atoms with Crippen molar-refractivity contribution in [1.82, 2.24) is 4.90 Å². The van der Waals surface area contributed by atoms with E-state index in [0.29, 0.717) is 5.56 Å². The summed E-state index contributed by atoms with van der Waals surface area (Å²) in [5.74, 6) is -0.756. The maximum Gasteiger partial charge on any atom is 0.329 e. The highest BCUT2D eigenvalue weighted by Gasteiger charge is 2.40. The van der Waals surface area contributed by atoms with Gasteiger partial charge in [-0.3, -0.25) is 4.79 Å². The van der Waals surface area contributed by atoms with Crippen molar-refractivity contribution in [3.05, 3.63) is 71.8 Å². The number of aliphatic hydroxyl groups excluding tert-OH is 1. The van der Waals surface area contributed by atoms with Crippen molar-refractivity contribution >= 4 is 11.9 Å². The van der Waals surface area contributed by atoms with E-state index in [1.54, 1.807) is 24.3 Å². The highest BCUT2D eigenvalue weighted by atomic mass is 16.5. The van der Waals surface area contributed by atoms with E-state index in [-0.39, 0.29) is 25.5 Å². The summed E-state index contributed by atoms with van der Waals surface area (Å²) in [5.41, 5.74) is 1.37. The molecule has 2 aromatic carbocycles. The fraction of sp³-hybridized carbons (Fsp3) is 0.263. The molecule has 0 bridgehead atoms. The molecule has 1 fully saturated rings. The zero-order valence-corrected chi connectivity index (χ0v) is 13.2.